The molecule has 2 aromatic carbocycles. The molecule has 22 heavy (non-hydrogen) atoms. The van der Waals surface area contributed by atoms with Gasteiger partial charge in [0.15, 0.2) is 12.7 Å². The summed E-state index contributed by atoms with van der Waals surface area (Å²) in [4.78, 5) is 0. The molecule has 0 atom stereocenters. The molecular formula is C20H22IN. The average Bonchev–Trinajstić information content (AvgIpc) is 2.54. The van der Waals surface area contributed by atoms with E-state index in [0.29, 0.717) is 0 Å². The van der Waals surface area contributed by atoms with Crippen LogP contribution in [0, 0.1) is 0 Å². The van der Waals surface area contributed by atoms with E-state index in [1.54, 1.807) is 0 Å². The number of nitrogens with zero attached hydrogens (tertiary/aromatic N) is 1. The minimum Gasteiger partial charge on any atom is -1.00 e. The number of rotatable bonds is 5. The SMILES string of the molecule is CCCCc1cc2ccccc2[n+](Cc2ccccc2)c1.[I-]. The van der Waals surface area contributed by atoms with E-state index >= 15 is 0 Å². The van der Waals surface area contributed by atoms with Crippen LogP contribution in [-0.4, -0.2) is 0 Å². The zero-order valence-corrected chi connectivity index (χ0v) is 15.2. The minimum absolute atomic E-state index is 0. The van der Waals surface area contributed by atoms with Gasteiger partial charge in [-0.25, -0.2) is 0 Å². The number of pyridine rings is 1. The van der Waals surface area contributed by atoms with Crippen molar-refractivity contribution in [1.82, 2.24) is 0 Å². The summed E-state index contributed by atoms with van der Waals surface area (Å²) in [6, 6.07) is 21.7. The first-order valence-corrected chi connectivity index (χ1v) is 7.82. The smallest absolute Gasteiger partial charge is 0.212 e. The molecule has 1 heterocycles. The van der Waals surface area contributed by atoms with Crippen molar-refractivity contribution in [3.05, 3.63) is 78.0 Å². The molecule has 0 N–H and O–H groups in total. The number of hydrogen-bond donors (Lipinski definition) is 0. The zero-order valence-electron chi connectivity index (χ0n) is 13.0. The second-order valence-corrected chi connectivity index (χ2v) is 5.62. The number of aryl methyl sites for hydroxylation is 1. The highest BCUT2D eigenvalue weighted by molar-refractivity contribution is 5.75. The highest BCUT2D eigenvalue weighted by Gasteiger charge is 2.11. The predicted molar refractivity (Wildman–Crippen MR) is 88.3 cm³/mol. The monoisotopic (exact) mass is 403 g/mol. The molecule has 1 nitrogen and oxygen atoms in total. The third kappa shape index (κ3) is 4.07. The molecule has 0 fully saturated rings. The summed E-state index contributed by atoms with van der Waals surface area (Å²) in [7, 11) is 0. The Bertz CT molecular complexity index is 722. The molecule has 0 saturated heterocycles. The first kappa shape index (κ1) is 16.9. The van der Waals surface area contributed by atoms with E-state index in [9.17, 15) is 0 Å². The van der Waals surface area contributed by atoms with Gasteiger partial charge in [-0.2, -0.15) is 4.57 Å². The van der Waals surface area contributed by atoms with Crippen LogP contribution in [0.3, 0.4) is 0 Å². The Kier molecular flexibility index (Phi) is 6.37. The van der Waals surface area contributed by atoms with Crippen LogP contribution < -0.4 is 28.5 Å². The lowest BCUT2D eigenvalue weighted by molar-refractivity contribution is -0.662. The Labute approximate surface area is 150 Å². The Balaban J connectivity index is 0.00000176. The molecular weight excluding hydrogens is 381 g/mol. The lowest BCUT2D eigenvalue weighted by atomic mass is 10.1. The van der Waals surface area contributed by atoms with Crippen molar-refractivity contribution in [3.8, 4) is 0 Å². The Morgan fingerprint density at radius 2 is 1.59 bits per heavy atom. The maximum Gasteiger partial charge on any atom is 0.212 e. The largest absolute Gasteiger partial charge is 1.00 e. The van der Waals surface area contributed by atoms with Gasteiger partial charge in [0.2, 0.25) is 5.52 Å². The van der Waals surface area contributed by atoms with E-state index in [-0.39, 0.29) is 24.0 Å². The summed E-state index contributed by atoms with van der Waals surface area (Å²) < 4.78 is 2.38. The molecule has 3 rings (SSSR count). The van der Waals surface area contributed by atoms with Crippen LogP contribution in [-0.2, 0) is 13.0 Å². The van der Waals surface area contributed by atoms with Gasteiger partial charge < -0.3 is 24.0 Å². The van der Waals surface area contributed by atoms with Crippen LogP contribution in [0.25, 0.3) is 10.9 Å². The first-order chi connectivity index (χ1) is 10.4. The lowest BCUT2D eigenvalue weighted by Crippen LogP contribution is -3.00. The van der Waals surface area contributed by atoms with Gasteiger partial charge in [-0.1, -0.05) is 55.8 Å². The van der Waals surface area contributed by atoms with Gasteiger partial charge in [-0.05, 0) is 25.0 Å². The second-order valence-electron chi connectivity index (χ2n) is 5.62. The zero-order chi connectivity index (χ0) is 14.5. The van der Waals surface area contributed by atoms with Crippen molar-refractivity contribution in [2.24, 2.45) is 0 Å². The third-order valence-corrected chi connectivity index (χ3v) is 3.92. The number of para-hydroxylation sites is 1. The summed E-state index contributed by atoms with van der Waals surface area (Å²) in [5.74, 6) is 0. The van der Waals surface area contributed by atoms with Crippen molar-refractivity contribution in [1.29, 1.82) is 0 Å². The van der Waals surface area contributed by atoms with Crippen molar-refractivity contribution >= 4 is 10.9 Å². The molecule has 0 aliphatic carbocycles. The highest BCUT2D eigenvalue weighted by Crippen LogP contribution is 2.14. The van der Waals surface area contributed by atoms with Gasteiger partial charge in [-0.15, -0.1) is 0 Å². The lowest BCUT2D eigenvalue weighted by Gasteiger charge is -2.05. The van der Waals surface area contributed by atoms with Crippen molar-refractivity contribution in [2.75, 3.05) is 0 Å². The average molecular weight is 403 g/mol. The van der Waals surface area contributed by atoms with Crippen LogP contribution in [0.2, 0.25) is 0 Å². The maximum absolute atomic E-state index is 2.38. The molecule has 0 spiro atoms. The quantitative estimate of drug-likeness (QED) is 0.450. The first-order valence-electron chi connectivity index (χ1n) is 7.82. The van der Waals surface area contributed by atoms with E-state index in [0.717, 1.165) is 13.0 Å². The van der Waals surface area contributed by atoms with Crippen molar-refractivity contribution in [3.63, 3.8) is 0 Å². The summed E-state index contributed by atoms with van der Waals surface area (Å²) >= 11 is 0. The summed E-state index contributed by atoms with van der Waals surface area (Å²) in [5.41, 5.74) is 4.09. The fraction of sp³-hybridized carbons (Fsp3) is 0.250. The van der Waals surface area contributed by atoms with Gasteiger partial charge in [0.25, 0.3) is 0 Å². The molecule has 0 saturated carbocycles. The molecule has 1 aromatic heterocycles. The molecule has 0 unspecified atom stereocenters. The maximum atomic E-state index is 2.38. The van der Waals surface area contributed by atoms with Gasteiger partial charge in [0.05, 0.1) is 0 Å². The van der Waals surface area contributed by atoms with Crippen LogP contribution in [0.1, 0.15) is 30.9 Å². The molecule has 2 heteroatoms. The number of aromatic nitrogens is 1. The van der Waals surface area contributed by atoms with Crippen LogP contribution >= 0.6 is 0 Å². The Morgan fingerprint density at radius 1 is 0.864 bits per heavy atom. The molecule has 114 valence electrons. The van der Waals surface area contributed by atoms with E-state index in [1.807, 2.05) is 0 Å². The van der Waals surface area contributed by atoms with Crippen molar-refractivity contribution < 1.29 is 28.5 Å². The van der Waals surface area contributed by atoms with Gasteiger partial charge >= 0.3 is 0 Å². The number of benzene rings is 2. The molecule has 0 amide bonds. The Morgan fingerprint density at radius 3 is 2.36 bits per heavy atom. The van der Waals surface area contributed by atoms with E-state index in [2.05, 4.69) is 78.4 Å². The standard InChI is InChI=1S/C20H22N.HI/c1-2-3-9-18-14-19-12-7-8-13-20(19)21(16-18)15-17-10-5-4-6-11-17;/h4-8,10-14,16H,2-3,9,15H2,1H3;1H/q+1;/p-1. The normalized spacial score (nSPS) is 10.4. The summed E-state index contributed by atoms with van der Waals surface area (Å²) in [6.07, 6.45) is 5.98. The van der Waals surface area contributed by atoms with Gasteiger partial charge in [0, 0.05) is 22.6 Å². The van der Waals surface area contributed by atoms with E-state index in [4.69, 9.17) is 0 Å². The van der Waals surface area contributed by atoms with Crippen LogP contribution in [0.5, 0.6) is 0 Å². The molecule has 0 bridgehead atoms. The van der Waals surface area contributed by atoms with Crippen LogP contribution in [0.4, 0.5) is 0 Å². The predicted octanol–water partition coefficient (Wildman–Crippen LogP) is 1.52. The van der Waals surface area contributed by atoms with Gasteiger partial charge in [0.1, 0.15) is 0 Å². The number of hydrogen-bond acceptors (Lipinski definition) is 0. The number of halogens is 1. The van der Waals surface area contributed by atoms with Crippen molar-refractivity contribution in [2.45, 2.75) is 32.7 Å². The fourth-order valence-electron chi connectivity index (χ4n) is 2.81. The fourth-order valence-corrected chi connectivity index (χ4v) is 2.81. The highest BCUT2D eigenvalue weighted by atomic mass is 127. The Hall–Kier alpha value is -1.42. The summed E-state index contributed by atoms with van der Waals surface area (Å²) in [6.45, 7) is 3.18. The van der Waals surface area contributed by atoms with Crippen LogP contribution in [0.15, 0.2) is 66.9 Å². The third-order valence-electron chi connectivity index (χ3n) is 3.92. The molecule has 0 aliphatic heterocycles. The molecule has 0 aliphatic rings. The molecule has 0 radical (unpaired) electrons. The second kappa shape index (κ2) is 8.28. The number of fused-ring (bicyclic) bond motifs is 1. The van der Waals surface area contributed by atoms with Gasteiger partial charge in [-0.3, -0.25) is 0 Å². The van der Waals surface area contributed by atoms with E-state index in [1.165, 1.54) is 34.9 Å². The minimum atomic E-state index is 0. The number of unbranched alkanes of at least 4 members (excludes halogenated alkanes) is 1. The summed E-state index contributed by atoms with van der Waals surface area (Å²) in [5, 5.41) is 1.34. The van der Waals surface area contributed by atoms with E-state index < -0.39 is 0 Å². The topological polar surface area (TPSA) is 3.88 Å². The molecule has 3 aromatic rings.